The first-order chi connectivity index (χ1) is 11.8. The Morgan fingerprint density at radius 2 is 1.96 bits per heavy atom. The van der Waals surface area contributed by atoms with E-state index in [4.69, 9.17) is 4.52 Å². The van der Waals surface area contributed by atoms with Crippen LogP contribution < -0.4 is 10.6 Å². The highest BCUT2D eigenvalue weighted by atomic mass is 16.5. The number of nitrogens with one attached hydrogen (secondary N) is 2. The average Bonchev–Trinajstić information content (AvgIpc) is 3.30. The summed E-state index contributed by atoms with van der Waals surface area (Å²) >= 11 is 0. The Morgan fingerprint density at radius 1 is 1.12 bits per heavy atom. The summed E-state index contributed by atoms with van der Waals surface area (Å²) in [7, 11) is 1.74. The quantitative estimate of drug-likeness (QED) is 0.534. The van der Waals surface area contributed by atoms with Crippen molar-refractivity contribution < 1.29 is 4.52 Å². The largest absolute Gasteiger partial charge is 0.364 e. The van der Waals surface area contributed by atoms with E-state index >= 15 is 0 Å². The molecule has 0 saturated carbocycles. The fourth-order valence-corrected chi connectivity index (χ4v) is 2.36. The molecule has 0 fully saturated rings. The molecule has 0 atom stereocenters. The molecule has 0 spiro atoms. The number of hydrogen-bond acceptors (Lipinski definition) is 4. The van der Waals surface area contributed by atoms with E-state index in [0.717, 1.165) is 12.2 Å². The Hall–Kier alpha value is -3.09. The molecule has 0 radical (unpaired) electrons. The summed E-state index contributed by atoms with van der Waals surface area (Å²) in [4.78, 5) is 4.23. The second-order valence-corrected chi connectivity index (χ2v) is 5.24. The maximum atomic E-state index is 4.82. The third-order valence-electron chi connectivity index (χ3n) is 3.61. The molecule has 2 N–H and O–H groups in total. The maximum Gasteiger partial charge on any atom is 0.191 e. The number of rotatable bonds is 6. The molecular formula is C17H20N6O. The van der Waals surface area contributed by atoms with Gasteiger partial charge >= 0.3 is 0 Å². The molecule has 7 nitrogen and oxygen atoms in total. The van der Waals surface area contributed by atoms with Crippen LogP contribution >= 0.6 is 0 Å². The van der Waals surface area contributed by atoms with Crippen molar-refractivity contribution in [3.8, 4) is 0 Å². The van der Waals surface area contributed by atoms with Crippen molar-refractivity contribution in [1.82, 2.24) is 25.6 Å². The summed E-state index contributed by atoms with van der Waals surface area (Å²) in [5, 5.41) is 14.7. The lowest BCUT2D eigenvalue weighted by Gasteiger charge is -2.14. The lowest BCUT2D eigenvalue weighted by molar-refractivity contribution is 0.410. The molecular weight excluding hydrogens is 304 g/mol. The fraction of sp³-hybridized carbons (Fsp3) is 0.235. The summed E-state index contributed by atoms with van der Waals surface area (Å²) in [5.74, 6) is 0.715. The van der Waals surface area contributed by atoms with Crippen LogP contribution in [0.4, 0.5) is 0 Å². The topological polar surface area (TPSA) is 80.3 Å². The lowest BCUT2D eigenvalue weighted by Crippen LogP contribution is -2.36. The second-order valence-electron chi connectivity index (χ2n) is 5.24. The minimum atomic E-state index is 0.561. The van der Waals surface area contributed by atoms with Gasteiger partial charge in [-0.25, -0.2) is 0 Å². The van der Waals surface area contributed by atoms with Gasteiger partial charge in [-0.3, -0.25) is 9.67 Å². The smallest absolute Gasteiger partial charge is 0.191 e. The summed E-state index contributed by atoms with van der Waals surface area (Å²) in [5.41, 5.74) is 3.26. The Kier molecular flexibility index (Phi) is 5.24. The van der Waals surface area contributed by atoms with Gasteiger partial charge in [0.05, 0.1) is 13.1 Å². The Balaban J connectivity index is 1.59. The first-order valence-corrected chi connectivity index (χ1v) is 7.73. The van der Waals surface area contributed by atoms with Crippen LogP contribution in [0.15, 0.2) is 64.6 Å². The van der Waals surface area contributed by atoms with E-state index in [1.165, 1.54) is 11.1 Å². The molecule has 3 rings (SSSR count). The molecule has 0 bridgehead atoms. The zero-order chi connectivity index (χ0) is 16.6. The molecule has 0 aliphatic rings. The van der Waals surface area contributed by atoms with Crippen LogP contribution in [0.5, 0.6) is 0 Å². The highest BCUT2D eigenvalue weighted by Gasteiger charge is 2.05. The highest BCUT2D eigenvalue weighted by molar-refractivity contribution is 5.79. The van der Waals surface area contributed by atoms with E-state index in [0.29, 0.717) is 19.0 Å². The molecule has 0 saturated heterocycles. The normalized spacial score (nSPS) is 11.5. The molecule has 0 aliphatic heterocycles. The predicted octanol–water partition coefficient (Wildman–Crippen LogP) is 1.78. The van der Waals surface area contributed by atoms with E-state index in [1.807, 2.05) is 35.1 Å². The third kappa shape index (κ3) is 4.22. The van der Waals surface area contributed by atoms with E-state index in [2.05, 4.69) is 38.0 Å². The van der Waals surface area contributed by atoms with E-state index in [9.17, 15) is 0 Å². The van der Waals surface area contributed by atoms with Crippen molar-refractivity contribution in [3.05, 3.63) is 71.9 Å². The SMILES string of the molecule is CN=C(NCc1ccon1)NCc1ccccc1Cn1cccn1. The molecule has 0 unspecified atom stereocenters. The average molecular weight is 324 g/mol. The Morgan fingerprint density at radius 3 is 2.67 bits per heavy atom. The summed E-state index contributed by atoms with van der Waals surface area (Å²) in [6.07, 6.45) is 5.30. The summed E-state index contributed by atoms with van der Waals surface area (Å²) < 4.78 is 6.73. The van der Waals surface area contributed by atoms with Crippen LogP contribution in [-0.2, 0) is 19.6 Å². The molecule has 2 aromatic heterocycles. The number of aromatic nitrogens is 3. The van der Waals surface area contributed by atoms with Crippen molar-refractivity contribution in [1.29, 1.82) is 0 Å². The lowest BCUT2D eigenvalue weighted by atomic mass is 10.1. The number of aliphatic imine (C=N–C) groups is 1. The monoisotopic (exact) mass is 324 g/mol. The van der Waals surface area contributed by atoms with E-state index in [-0.39, 0.29) is 0 Å². The van der Waals surface area contributed by atoms with Crippen LogP contribution in [-0.4, -0.2) is 27.9 Å². The molecule has 7 heteroatoms. The van der Waals surface area contributed by atoms with E-state index in [1.54, 1.807) is 19.5 Å². The van der Waals surface area contributed by atoms with Gasteiger partial charge in [0.25, 0.3) is 0 Å². The van der Waals surface area contributed by atoms with Gasteiger partial charge in [-0.15, -0.1) is 0 Å². The van der Waals surface area contributed by atoms with Gasteiger partial charge in [0.2, 0.25) is 0 Å². The van der Waals surface area contributed by atoms with Crippen LogP contribution in [0, 0.1) is 0 Å². The van der Waals surface area contributed by atoms with Crippen molar-refractivity contribution in [2.24, 2.45) is 4.99 Å². The molecule has 2 heterocycles. The number of benzene rings is 1. The van der Waals surface area contributed by atoms with Gasteiger partial charge in [0.15, 0.2) is 5.96 Å². The molecule has 124 valence electrons. The second kappa shape index (κ2) is 7.96. The predicted molar refractivity (Wildman–Crippen MR) is 91.3 cm³/mol. The van der Waals surface area contributed by atoms with Crippen LogP contribution in [0.25, 0.3) is 0 Å². The van der Waals surface area contributed by atoms with Crippen LogP contribution in [0.2, 0.25) is 0 Å². The maximum absolute atomic E-state index is 4.82. The standard InChI is InChI=1S/C17H20N6O/c1-18-17(20-12-16-7-10-24-22-16)19-11-14-5-2-3-6-15(14)13-23-9-4-8-21-23/h2-10H,11-13H2,1H3,(H2,18,19,20). The summed E-state index contributed by atoms with van der Waals surface area (Å²) in [6, 6.07) is 12.0. The van der Waals surface area contributed by atoms with Crippen molar-refractivity contribution >= 4 is 5.96 Å². The van der Waals surface area contributed by atoms with Crippen molar-refractivity contribution in [3.63, 3.8) is 0 Å². The Bertz CT molecular complexity index is 764. The van der Waals surface area contributed by atoms with Gasteiger partial charge in [-0.2, -0.15) is 5.10 Å². The van der Waals surface area contributed by atoms with E-state index < -0.39 is 0 Å². The number of guanidine groups is 1. The summed E-state index contributed by atoms with van der Waals surface area (Å²) in [6.45, 7) is 1.98. The molecule has 3 aromatic rings. The Labute approximate surface area is 140 Å². The first kappa shape index (κ1) is 15.8. The zero-order valence-corrected chi connectivity index (χ0v) is 13.5. The molecule has 1 aromatic carbocycles. The number of nitrogens with zero attached hydrogens (tertiary/aromatic N) is 4. The van der Waals surface area contributed by atoms with Gasteiger partial charge < -0.3 is 15.2 Å². The molecule has 0 aliphatic carbocycles. The van der Waals surface area contributed by atoms with Gasteiger partial charge in [0, 0.05) is 32.1 Å². The van der Waals surface area contributed by atoms with Crippen LogP contribution in [0.3, 0.4) is 0 Å². The molecule has 0 amide bonds. The van der Waals surface area contributed by atoms with Gasteiger partial charge in [-0.05, 0) is 17.2 Å². The van der Waals surface area contributed by atoms with Gasteiger partial charge in [-0.1, -0.05) is 29.4 Å². The van der Waals surface area contributed by atoms with Crippen molar-refractivity contribution in [2.45, 2.75) is 19.6 Å². The highest BCUT2D eigenvalue weighted by Crippen LogP contribution is 2.10. The minimum Gasteiger partial charge on any atom is -0.364 e. The first-order valence-electron chi connectivity index (χ1n) is 7.73. The van der Waals surface area contributed by atoms with Crippen LogP contribution in [0.1, 0.15) is 16.8 Å². The van der Waals surface area contributed by atoms with Gasteiger partial charge in [0.1, 0.15) is 12.0 Å². The molecule has 24 heavy (non-hydrogen) atoms. The minimum absolute atomic E-state index is 0.561. The van der Waals surface area contributed by atoms with Crippen molar-refractivity contribution in [2.75, 3.05) is 7.05 Å². The zero-order valence-electron chi connectivity index (χ0n) is 13.5. The third-order valence-corrected chi connectivity index (χ3v) is 3.61. The number of hydrogen-bond donors (Lipinski definition) is 2. The fourth-order valence-electron chi connectivity index (χ4n) is 2.36.